The number of urea groups is 3. The van der Waals surface area contributed by atoms with Gasteiger partial charge >= 0.3 is 18.1 Å². The fourth-order valence-corrected chi connectivity index (χ4v) is 2.72. The fourth-order valence-electron chi connectivity index (χ4n) is 2.72. The first-order valence-electron chi connectivity index (χ1n) is 6.81. The molecule has 3 heterocycles. The lowest BCUT2D eigenvalue weighted by Crippen LogP contribution is -2.39. The van der Waals surface area contributed by atoms with Gasteiger partial charge in [-0.3, -0.25) is 30.0 Å². The standard InChI is InChI=1S/C13H8N6O5/c20-7-3-18(12(23)15-7)6-2-1-5-9(17-11(22)14-5)10(6)19-4-8(21)16-13(19)24/h1-2H,3-4H2,(H,15,20,23)(H,16,21,24). The van der Waals surface area contributed by atoms with Gasteiger partial charge in [0.2, 0.25) is 11.8 Å². The van der Waals surface area contributed by atoms with Gasteiger partial charge in [0, 0.05) is 0 Å². The molecule has 2 N–H and O–H groups in total. The average Bonchev–Trinajstić information content (AvgIpc) is 3.14. The number of carbonyl (C=O) groups is 5. The minimum atomic E-state index is -0.753. The highest BCUT2D eigenvalue weighted by molar-refractivity contribution is 6.17. The number of fused-ring (bicyclic) bond motifs is 1. The molecule has 11 heteroatoms. The van der Waals surface area contributed by atoms with E-state index < -0.39 is 29.9 Å². The summed E-state index contributed by atoms with van der Waals surface area (Å²) in [6, 6.07) is 0.758. The van der Waals surface area contributed by atoms with Gasteiger partial charge in [-0.15, -0.1) is 0 Å². The Balaban J connectivity index is 1.96. The first-order chi connectivity index (χ1) is 11.4. The molecule has 0 atom stereocenters. The highest BCUT2D eigenvalue weighted by Gasteiger charge is 2.36. The summed E-state index contributed by atoms with van der Waals surface area (Å²) in [5.41, 5.74) is 0.255. The molecule has 0 spiro atoms. The Bertz CT molecular complexity index is 983. The zero-order valence-corrected chi connectivity index (χ0v) is 11.9. The quantitative estimate of drug-likeness (QED) is 0.615. The summed E-state index contributed by atoms with van der Waals surface area (Å²) in [7, 11) is 0. The summed E-state index contributed by atoms with van der Waals surface area (Å²) in [5.74, 6) is -1.04. The zero-order chi connectivity index (χ0) is 17.0. The van der Waals surface area contributed by atoms with Gasteiger partial charge in [-0.1, -0.05) is 0 Å². The number of hydrogen-bond donors (Lipinski definition) is 2. The van der Waals surface area contributed by atoms with Crippen LogP contribution < -0.4 is 31.1 Å². The van der Waals surface area contributed by atoms with Crippen LogP contribution in [0, 0.1) is 0 Å². The molecule has 0 saturated carbocycles. The molecule has 0 aromatic heterocycles. The summed E-state index contributed by atoms with van der Waals surface area (Å²) >= 11 is 0. The summed E-state index contributed by atoms with van der Waals surface area (Å²) in [6.07, 6.45) is 0. The lowest BCUT2D eigenvalue weighted by Gasteiger charge is -2.22. The largest absolute Gasteiger partial charge is 0.368 e. The van der Waals surface area contributed by atoms with E-state index in [0.29, 0.717) is 0 Å². The monoisotopic (exact) mass is 328 g/mol. The van der Waals surface area contributed by atoms with Gasteiger partial charge in [-0.05, 0) is 12.1 Å². The van der Waals surface area contributed by atoms with Crippen LogP contribution in [0.25, 0.3) is 0 Å². The van der Waals surface area contributed by atoms with Crippen LogP contribution in [0.1, 0.15) is 0 Å². The van der Waals surface area contributed by atoms with E-state index in [4.69, 9.17) is 0 Å². The molecule has 2 fully saturated rings. The zero-order valence-electron chi connectivity index (χ0n) is 11.9. The highest BCUT2D eigenvalue weighted by Crippen LogP contribution is 2.28. The van der Waals surface area contributed by atoms with Crippen molar-refractivity contribution >= 4 is 41.3 Å². The van der Waals surface area contributed by atoms with Gasteiger partial charge in [0.1, 0.15) is 18.4 Å². The molecule has 0 radical (unpaired) electrons. The first kappa shape index (κ1) is 14.0. The van der Waals surface area contributed by atoms with Crippen molar-refractivity contribution in [3.63, 3.8) is 0 Å². The molecule has 3 aliphatic rings. The topological polar surface area (TPSA) is 141 Å². The summed E-state index contributed by atoms with van der Waals surface area (Å²) < 4.78 is 0. The lowest BCUT2D eigenvalue weighted by atomic mass is 10.2. The van der Waals surface area contributed by atoms with Crippen molar-refractivity contribution in [3.8, 4) is 0 Å². The van der Waals surface area contributed by atoms with Crippen LogP contribution in [0.15, 0.2) is 22.1 Å². The molecule has 3 aliphatic heterocycles. The molecule has 4 rings (SSSR count). The Morgan fingerprint density at radius 1 is 0.833 bits per heavy atom. The predicted octanol–water partition coefficient (Wildman–Crippen LogP) is -1.83. The number of anilines is 2. The molecule has 2 saturated heterocycles. The number of carbonyl (C=O) groups excluding carboxylic acids is 5. The van der Waals surface area contributed by atoms with E-state index in [9.17, 15) is 24.0 Å². The number of imide groups is 2. The fraction of sp³-hybridized carbons (Fsp3) is 0.154. The maximum absolute atomic E-state index is 12.0. The Kier molecular flexibility index (Phi) is 2.73. The van der Waals surface area contributed by atoms with Crippen molar-refractivity contribution in [2.24, 2.45) is 9.98 Å². The number of nitrogens with zero attached hydrogens (tertiary/aromatic N) is 4. The van der Waals surface area contributed by atoms with Crippen LogP contribution in [0.2, 0.25) is 0 Å². The second-order valence-electron chi connectivity index (χ2n) is 5.19. The molecule has 0 bridgehead atoms. The van der Waals surface area contributed by atoms with E-state index in [1.807, 2.05) is 0 Å². The second kappa shape index (κ2) is 4.68. The predicted molar refractivity (Wildman–Crippen MR) is 75.9 cm³/mol. The van der Waals surface area contributed by atoms with Gasteiger partial charge in [0.05, 0.1) is 16.7 Å². The number of amides is 8. The van der Waals surface area contributed by atoms with Crippen LogP contribution in [-0.4, -0.2) is 43.0 Å². The molecule has 0 aliphatic carbocycles. The molecule has 0 unspecified atom stereocenters. The van der Waals surface area contributed by atoms with Gasteiger partial charge in [0.25, 0.3) is 0 Å². The highest BCUT2D eigenvalue weighted by atomic mass is 16.2. The molecule has 11 nitrogen and oxygen atoms in total. The summed E-state index contributed by atoms with van der Waals surface area (Å²) in [4.78, 5) is 68.0. The van der Waals surface area contributed by atoms with E-state index in [1.54, 1.807) is 0 Å². The van der Waals surface area contributed by atoms with E-state index in [1.165, 1.54) is 12.1 Å². The smallest absolute Gasteiger partial charge is 0.283 e. The van der Waals surface area contributed by atoms with Crippen LogP contribution in [0.3, 0.4) is 0 Å². The number of nitrogens with one attached hydrogen (secondary N) is 2. The molecule has 8 amide bonds. The third kappa shape index (κ3) is 1.95. The number of rotatable bonds is 2. The first-order valence-corrected chi connectivity index (χ1v) is 6.81. The third-order valence-corrected chi connectivity index (χ3v) is 3.68. The van der Waals surface area contributed by atoms with Crippen LogP contribution in [0.4, 0.5) is 25.8 Å². The Hall–Kier alpha value is -3.63. The number of benzene rings is 1. The average molecular weight is 328 g/mol. The SMILES string of the molecule is O=C1N=c2ccc(N3CC(=O)NC3=O)c(N3CC(=O)NC3=O)c2=N1. The minimum absolute atomic E-state index is 0.0782. The minimum Gasteiger partial charge on any atom is -0.283 e. The molecule has 1 aromatic rings. The second-order valence-corrected chi connectivity index (χ2v) is 5.19. The van der Waals surface area contributed by atoms with Crippen molar-refractivity contribution in [1.82, 2.24) is 10.6 Å². The van der Waals surface area contributed by atoms with E-state index in [2.05, 4.69) is 20.6 Å². The van der Waals surface area contributed by atoms with Gasteiger partial charge < -0.3 is 0 Å². The molecular weight excluding hydrogens is 320 g/mol. The van der Waals surface area contributed by atoms with Crippen molar-refractivity contribution < 1.29 is 24.0 Å². The van der Waals surface area contributed by atoms with Crippen LogP contribution >= 0.6 is 0 Å². The van der Waals surface area contributed by atoms with Crippen molar-refractivity contribution in [2.75, 3.05) is 22.9 Å². The molecule has 120 valence electrons. The lowest BCUT2D eigenvalue weighted by molar-refractivity contribution is -0.118. The number of hydrogen-bond acceptors (Lipinski definition) is 5. The Labute approximate surface area is 132 Å². The molecule has 1 aromatic carbocycles. The normalized spacial score (nSPS) is 19.2. The molecular formula is C13H8N6O5. The van der Waals surface area contributed by atoms with E-state index in [-0.39, 0.29) is 35.2 Å². The van der Waals surface area contributed by atoms with Crippen LogP contribution in [0.5, 0.6) is 0 Å². The third-order valence-electron chi connectivity index (χ3n) is 3.68. The van der Waals surface area contributed by atoms with Gasteiger partial charge in [0.15, 0.2) is 0 Å². The van der Waals surface area contributed by atoms with E-state index >= 15 is 0 Å². The van der Waals surface area contributed by atoms with Crippen LogP contribution in [-0.2, 0) is 9.59 Å². The van der Waals surface area contributed by atoms with E-state index in [0.717, 1.165) is 9.80 Å². The maximum atomic E-state index is 12.0. The van der Waals surface area contributed by atoms with Crippen molar-refractivity contribution in [2.45, 2.75) is 0 Å². The van der Waals surface area contributed by atoms with Gasteiger partial charge in [-0.25, -0.2) is 14.4 Å². The maximum Gasteiger partial charge on any atom is 0.368 e. The van der Waals surface area contributed by atoms with Gasteiger partial charge in [-0.2, -0.15) is 9.98 Å². The van der Waals surface area contributed by atoms with Crippen molar-refractivity contribution in [1.29, 1.82) is 0 Å². The molecule has 24 heavy (non-hydrogen) atoms. The summed E-state index contributed by atoms with van der Waals surface area (Å²) in [5, 5.41) is 4.53. The van der Waals surface area contributed by atoms with Crippen molar-refractivity contribution in [3.05, 3.63) is 22.8 Å². The Morgan fingerprint density at radius 3 is 2.04 bits per heavy atom. The summed E-state index contributed by atoms with van der Waals surface area (Å²) in [6.45, 7) is -0.547. The Morgan fingerprint density at radius 2 is 1.46 bits per heavy atom.